The molecule has 0 bridgehead atoms. The van der Waals surface area contributed by atoms with Crippen molar-refractivity contribution in [3.8, 4) is 17.2 Å². The summed E-state index contributed by atoms with van der Waals surface area (Å²) in [5.41, 5.74) is 2.22. The zero-order valence-electron chi connectivity index (χ0n) is 18.4. The summed E-state index contributed by atoms with van der Waals surface area (Å²) in [6, 6.07) is 13.7. The predicted octanol–water partition coefficient (Wildman–Crippen LogP) is 5.28. The molecule has 0 saturated carbocycles. The summed E-state index contributed by atoms with van der Waals surface area (Å²) in [5.74, 6) is 1.93. The van der Waals surface area contributed by atoms with Crippen LogP contribution in [0, 0.1) is 0 Å². The second-order valence-electron chi connectivity index (χ2n) is 8.12. The van der Waals surface area contributed by atoms with Crippen LogP contribution in [0.3, 0.4) is 0 Å². The smallest absolute Gasteiger partial charge is 0.265 e. The fourth-order valence-electron chi connectivity index (χ4n) is 2.95. The number of ether oxygens (including phenoxy) is 3. The van der Waals surface area contributed by atoms with Gasteiger partial charge in [-0.2, -0.15) is 0 Å². The van der Waals surface area contributed by atoms with Crippen molar-refractivity contribution in [2.75, 3.05) is 27.4 Å². The summed E-state index contributed by atoms with van der Waals surface area (Å²) in [6.07, 6.45) is 1.81. The molecule has 1 fully saturated rings. The molecule has 0 unspecified atom stereocenters. The van der Waals surface area contributed by atoms with Gasteiger partial charge in [0.05, 0.1) is 12.0 Å². The molecule has 0 atom stereocenters. The fraction of sp³-hybridized carbons (Fsp3) is 0.333. The van der Waals surface area contributed by atoms with Crippen LogP contribution < -0.4 is 14.2 Å². The number of carbonyl (C=O) groups is 1. The number of hydrogen-bond acceptors (Lipinski definition) is 6. The van der Waals surface area contributed by atoms with Gasteiger partial charge in [-0.25, -0.2) is 0 Å². The normalized spacial score (nSPS) is 15.5. The first-order chi connectivity index (χ1) is 14.7. The molecule has 0 radical (unpaired) electrons. The van der Waals surface area contributed by atoms with Crippen LogP contribution in [0.4, 0.5) is 0 Å². The Morgan fingerprint density at radius 3 is 2.29 bits per heavy atom. The number of methoxy groups -OCH3 is 1. The Kier molecular flexibility index (Phi) is 7.28. The standard InChI is InChI=1S/C24H27NO4S2/c1-24(2,3)17-7-9-18(10-8-17)28-12-13-29-19-11-6-16(14-20(19)27-5)15-21-22(26)25(4)23(30)31-21/h6-11,14-15H,12-13H2,1-5H3/b21-15+. The summed E-state index contributed by atoms with van der Waals surface area (Å²) < 4.78 is 17.6. The van der Waals surface area contributed by atoms with E-state index in [1.54, 1.807) is 20.2 Å². The molecule has 0 N–H and O–H groups in total. The minimum atomic E-state index is -0.0954. The van der Waals surface area contributed by atoms with E-state index in [1.807, 2.05) is 30.3 Å². The molecular weight excluding hydrogens is 430 g/mol. The first-order valence-electron chi connectivity index (χ1n) is 9.95. The molecule has 1 heterocycles. The molecule has 0 aliphatic carbocycles. The lowest BCUT2D eigenvalue weighted by Gasteiger charge is -2.19. The van der Waals surface area contributed by atoms with Crippen molar-refractivity contribution in [2.24, 2.45) is 0 Å². The summed E-state index contributed by atoms with van der Waals surface area (Å²) in [6.45, 7) is 7.35. The topological polar surface area (TPSA) is 48.0 Å². The number of hydrogen-bond donors (Lipinski definition) is 0. The second kappa shape index (κ2) is 9.75. The highest BCUT2D eigenvalue weighted by Crippen LogP contribution is 2.34. The molecule has 3 rings (SSSR count). The number of likely N-dealkylation sites (N-methyl/N-ethyl adjacent to an activating group) is 1. The second-order valence-corrected chi connectivity index (χ2v) is 9.80. The van der Waals surface area contributed by atoms with Crippen molar-refractivity contribution >= 4 is 40.3 Å². The van der Waals surface area contributed by atoms with Crippen molar-refractivity contribution in [1.82, 2.24) is 4.90 Å². The maximum absolute atomic E-state index is 12.2. The van der Waals surface area contributed by atoms with Crippen LogP contribution in [0.5, 0.6) is 17.2 Å². The van der Waals surface area contributed by atoms with Crippen molar-refractivity contribution in [2.45, 2.75) is 26.2 Å². The van der Waals surface area contributed by atoms with Gasteiger partial charge in [-0.3, -0.25) is 9.69 Å². The van der Waals surface area contributed by atoms with Gasteiger partial charge in [0.1, 0.15) is 23.3 Å². The quantitative estimate of drug-likeness (QED) is 0.320. The molecule has 0 aromatic heterocycles. The van der Waals surface area contributed by atoms with E-state index in [0.717, 1.165) is 11.3 Å². The first kappa shape index (κ1) is 23.2. The SMILES string of the molecule is COc1cc(/C=C2/SC(=S)N(C)C2=O)ccc1OCCOc1ccc(C(C)(C)C)cc1. The molecule has 5 nitrogen and oxygen atoms in total. The van der Waals surface area contributed by atoms with E-state index in [0.29, 0.717) is 33.9 Å². The average molecular weight is 458 g/mol. The lowest BCUT2D eigenvalue weighted by molar-refractivity contribution is -0.121. The third-order valence-electron chi connectivity index (χ3n) is 4.80. The maximum atomic E-state index is 12.2. The first-order valence-corrected chi connectivity index (χ1v) is 11.2. The van der Waals surface area contributed by atoms with Gasteiger partial charge in [0, 0.05) is 7.05 Å². The summed E-state index contributed by atoms with van der Waals surface area (Å²) in [7, 11) is 3.27. The van der Waals surface area contributed by atoms with E-state index >= 15 is 0 Å². The monoisotopic (exact) mass is 457 g/mol. The van der Waals surface area contributed by atoms with Crippen molar-refractivity contribution < 1.29 is 19.0 Å². The molecule has 1 amide bonds. The lowest BCUT2D eigenvalue weighted by Crippen LogP contribution is -2.22. The highest BCUT2D eigenvalue weighted by atomic mass is 32.2. The van der Waals surface area contributed by atoms with Crippen LogP contribution in [-0.2, 0) is 10.2 Å². The largest absolute Gasteiger partial charge is 0.493 e. The molecule has 7 heteroatoms. The van der Waals surface area contributed by atoms with Crippen LogP contribution in [-0.4, -0.2) is 42.5 Å². The maximum Gasteiger partial charge on any atom is 0.265 e. The van der Waals surface area contributed by atoms with E-state index in [-0.39, 0.29) is 11.3 Å². The summed E-state index contributed by atoms with van der Waals surface area (Å²) in [5, 5.41) is 0. The number of amides is 1. The van der Waals surface area contributed by atoms with E-state index in [4.69, 9.17) is 26.4 Å². The molecule has 2 aromatic carbocycles. The highest BCUT2D eigenvalue weighted by molar-refractivity contribution is 8.26. The average Bonchev–Trinajstić information content (AvgIpc) is 2.98. The van der Waals surface area contributed by atoms with Gasteiger partial charge in [-0.05, 0) is 46.9 Å². The third-order valence-corrected chi connectivity index (χ3v) is 6.29. The number of benzene rings is 2. The zero-order chi connectivity index (χ0) is 22.6. The van der Waals surface area contributed by atoms with Gasteiger partial charge in [0.25, 0.3) is 5.91 Å². The molecule has 164 valence electrons. The zero-order valence-corrected chi connectivity index (χ0v) is 20.1. The molecule has 1 aliphatic heterocycles. The Labute approximate surface area is 193 Å². The molecular formula is C24H27NO4S2. The number of nitrogens with zero attached hydrogens (tertiary/aromatic N) is 1. The molecule has 2 aromatic rings. The van der Waals surface area contributed by atoms with Crippen LogP contribution in [0.2, 0.25) is 0 Å². The van der Waals surface area contributed by atoms with E-state index in [9.17, 15) is 4.79 Å². The Morgan fingerprint density at radius 1 is 1.03 bits per heavy atom. The van der Waals surface area contributed by atoms with E-state index in [2.05, 4.69) is 32.9 Å². The molecule has 1 aliphatic rings. The van der Waals surface area contributed by atoms with Gasteiger partial charge < -0.3 is 14.2 Å². The third kappa shape index (κ3) is 5.80. The van der Waals surface area contributed by atoms with Crippen molar-refractivity contribution in [3.05, 3.63) is 58.5 Å². The van der Waals surface area contributed by atoms with Gasteiger partial charge in [-0.1, -0.05) is 63.0 Å². The van der Waals surface area contributed by atoms with Gasteiger partial charge in [0.2, 0.25) is 0 Å². The van der Waals surface area contributed by atoms with Crippen molar-refractivity contribution in [1.29, 1.82) is 0 Å². The van der Waals surface area contributed by atoms with Crippen LogP contribution >= 0.6 is 24.0 Å². The minimum Gasteiger partial charge on any atom is -0.493 e. The minimum absolute atomic E-state index is 0.0954. The lowest BCUT2D eigenvalue weighted by atomic mass is 9.87. The Bertz CT molecular complexity index is 994. The van der Waals surface area contributed by atoms with Crippen molar-refractivity contribution in [3.63, 3.8) is 0 Å². The van der Waals surface area contributed by atoms with E-state index in [1.165, 1.54) is 22.2 Å². The molecule has 31 heavy (non-hydrogen) atoms. The Hall–Kier alpha value is -2.51. The summed E-state index contributed by atoms with van der Waals surface area (Å²) in [4.78, 5) is 14.2. The number of thiocarbonyl (C=S) groups is 1. The summed E-state index contributed by atoms with van der Waals surface area (Å²) >= 11 is 6.46. The van der Waals surface area contributed by atoms with Crippen LogP contribution in [0.25, 0.3) is 6.08 Å². The van der Waals surface area contributed by atoms with E-state index < -0.39 is 0 Å². The number of thioether (sulfide) groups is 1. The number of rotatable bonds is 7. The number of carbonyl (C=O) groups excluding carboxylic acids is 1. The van der Waals surface area contributed by atoms with Crippen LogP contribution in [0.15, 0.2) is 47.4 Å². The van der Waals surface area contributed by atoms with Gasteiger partial charge >= 0.3 is 0 Å². The molecule has 0 spiro atoms. The van der Waals surface area contributed by atoms with Gasteiger partial charge in [0.15, 0.2) is 11.5 Å². The Morgan fingerprint density at radius 2 is 1.71 bits per heavy atom. The van der Waals surface area contributed by atoms with Crippen LogP contribution in [0.1, 0.15) is 31.9 Å². The van der Waals surface area contributed by atoms with Gasteiger partial charge in [-0.15, -0.1) is 0 Å². The predicted molar refractivity (Wildman–Crippen MR) is 130 cm³/mol. The molecule has 1 saturated heterocycles. The highest BCUT2D eigenvalue weighted by Gasteiger charge is 2.28. The Balaban J connectivity index is 1.57. The fourth-order valence-corrected chi connectivity index (χ4v) is 4.13.